The molecule has 35 heavy (non-hydrogen) atoms. The summed E-state index contributed by atoms with van der Waals surface area (Å²) < 4.78 is 5.59. The summed E-state index contributed by atoms with van der Waals surface area (Å²) in [5, 5.41) is 28.3. The Morgan fingerprint density at radius 1 is 1.14 bits per heavy atom. The van der Waals surface area contributed by atoms with E-state index in [1.165, 1.54) is 6.42 Å². The smallest absolute Gasteiger partial charge is 0.287 e. The number of carbonyl (C=O) groups excluding carboxylic acids is 2. The van der Waals surface area contributed by atoms with E-state index in [0.29, 0.717) is 29.4 Å². The molecule has 8 heteroatoms. The predicted octanol–water partition coefficient (Wildman–Crippen LogP) is 4.68. The molecule has 1 saturated carbocycles. The number of halogens is 1. The molecule has 1 fully saturated rings. The molecule has 0 unspecified atom stereocenters. The van der Waals surface area contributed by atoms with Gasteiger partial charge in [0.15, 0.2) is 11.3 Å². The van der Waals surface area contributed by atoms with Gasteiger partial charge in [0.05, 0.1) is 23.1 Å². The van der Waals surface area contributed by atoms with Crippen LogP contribution in [-0.4, -0.2) is 46.8 Å². The minimum Gasteiger partial charge on any atom is -0.449 e. The van der Waals surface area contributed by atoms with Crippen molar-refractivity contribution in [3.8, 4) is 0 Å². The Balaban J connectivity index is 1.59. The van der Waals surface area contributed by atoms with Crippen molar-refractivity contribution in [1.29, 1.82) is 0 Å². The van der Waals surface area contributed by atoms with Crippen LogP contribution in [0.15, 0.2) is 28.7 Å². The monoisotopic (exact) mass is 506 g/mol. The van der Waals surface area contributed by atoms with Crippen LogP contribution in [0.4, 0.5) is 0 Å². The lowest BCUT2D eigenvalue weighted by Crippen LogP contribution is -2.52. The first-order chi connectivity index (χ1) is 16.7. The van der Waals surface area contributed by atoms with E-state index in [1.54, 1.807) is 25.1 Å². The zero-order valence-corrected chi connectivity index (χ0v) is 21.7. The molecule has 0 spiro atoms. The third kappa shape index (κ3) is 7.69. The minimum atomic E-state index is -1.04. The molecular weight excluding hydrogens is 468 g/mol. The van der Waals surface area contributed by atoms with Crippen molar-refractivity contribution in [3.63, 3.8) is 0 Å². The Morgan fingerprint density at radius 3 is 2.51 bits per heavy atom. The van der Waals surface area contributed by atoms with Crippen LogP contribution in [0.2, 0.25) is 5.02 Å². The molecule has 2 amide bonds. The van der Waals surface area contributed by atoms with Crippen molar-refractivity contribution in [2.45, 2.75) is 84.0 Å². The van der Waals surface area contributed by atoms with E-state index in [4.69, 9.17) is 16.0 Å². The number of carbonyl (C=O) groups is 2. The summed E-state index contributed by atoms with van der Waals surface area (Å²) in [6.45, 7) is 5.81. The molecule has 0 radical (unpaired) electrons. The molecule has 7 nitrogen and oxygen atoms in total. The Labute approximate surface area is 212 Å². The number of rotatable bonds is 11. The molecule has 1 aliphatic carbocycles. The standard InChI is InChI=1S/C27H39ClN2O5/c1-16(2)12-22(31)24(32)21(13-18-8-5-4-6-9-18)30-26(33)17(3)15-29-27(34)23-14-19-10-7-11-20(28)25(19)35-23/h7,10-11,14,16-18,21-22,24,31-32H,4-6,8-9,12-13,15H2,1-3H3,(H,29,34)(H,30,33)/t17-,21+,22-,24+/m0/s1. The third-order valence-corrected chi connectivity index (χ3v) is 7.19. The summed E-state index contributed by atoms with van der Waals surface area (Å²) in [4.78, 5) is 25.6. The first-order valence-corrected chi connectivity index (χ1v) is 13.2. The number of fused-ring (bicyclic) bond motifs is 1. The molecule has 2 aromatic rings. The largest absolute Gasteiger partial charge is 0.449 e. The average molecular weight is 507 g/mol. The van der Waals surface area contributed by atoms with Crippen molar-refractivity contribution in [3.05, 3.63) is 35.0 Å². The van der Waals surface area contributed by atoms with Crippen LogP contribution in [0.5, 0.6) is 0 Å². The van der Waals surface area contributed by atoms with E-state index in [2.05, 4.69) is 10.6 Å². The van der Waals surface area contributed by atoms with Crippen molar-refractivity contribution < 1.29 is 24.2 Å². The van der Waals surface area contributed by atoms with E-state index in [9.17, 15) is 19.8 Å². The van der Waals surface area contributed by atoms with Crippen molar-refractivity contribution in [2.75, 3.05) is 6.54 Å². The lowest BCUT2D eigenvalue weighted by molar-refractivity contribution is -0.127. The SMILES string of the molecule is CC(C)C[C@H](O)[C@H](O)[C@@H](CC1CCCCC1)NC(=O)[C@@H](C)CNC(=O)c1cc2cccc(Cl)c2o1. The van der Waals surface area contributed by atoms with Crippen molar-refractivity contribution in [1.82, 2.24) is 10.6 Å². The van der Waals surface area contributed by atoms with Crippen LogP contribution in [0.3, 0.4) is 0 Å². The fraction of sp³-hybridized carbons (Fsp3) is 0.630. The molecule has 3 rings (SSSR count). The highest BCUT2D eigenvalue weighted by atomic mass is 35.5. The summed E-state index contributed by atoms with van der Waals surface area (Å²) in [5.41, 5.74) is 0.449. The van der Waals surface area contributed by atoms with Gasteiger partial charge in [0.25, 0.3) is 5.91 Å². The number of nitrogens with one attached hydrogen (secondary N) is 2. The molecule has 1 aromatic heterocycles. The Kier molecular flexibility index (Phi) is 10.0. The van der Waals surface area contributed by atoms with Crippen LogP contribution < -0.4 is 10.6 Å². The van der Waals surface area contributed by atoms with Gasteiger partial charge in [-0.05, 0) is 36.8 Å². The van der Waals surface area contributed by atoms with Crippen LogP contribution in [-0.2, 0) is 4.79 Å². The first kappa shape index (κ1) is 27.5. The quantitative estimate of drug-likeness (QED) is 0.353. The normalized spacial score (nSPS) is 18.3. The summed E-state index contributed by atoms with van der Waals surface area (Å²) in [5.74, 6) is -0.450. The van der Waals surface area contributed by atoms with Crippen LogP contribution in [0.1, 0.15) is 76.3 Å². The minimum absolute atomic E-state index is 0.107. The van der Waals surface area contributed by atoms with Crippen LogP contribution in [0.25, 0.3) is 11.0 Å². The fourth-order valence-corrected chi connectivity index (χ4v) is 5.07. The number of aliphatic hydroxyl groups is 2. The molecule has 0 aliphatic heterocycles. The Bertz CT molecular complexity index is 985. The topological polar surface area (TPSA) is 112 Å². The van der Waals surface area contributed by atoms with E-state index in [0.717, 1.165) is 31.1 Å². The fourth-order valence-electron chi connectivity index (χ4n) is 4.85. The summed E-state index contributed by atoms with van der Waals surface area (Å²) in [6.07, 6.45) is 4.85. The average Bonchev–Trinajstić information content (AvgIpc) is 3.27. The number of hydrogen-bond donors (Lipinski definition) is 4. The number of amides is 2. The van der Waals surface area contributed by atoms with Crippen LogP contribution in [0, 0.1) is 17.8 Å². The van der Waals surface area contributed by atoms with E-state index in [1.807, 2.05) is 19.9 Å². The zero-order chi connectivity index (χ0) is 25.5. The second kappa shape index (κ2) is 12.7. The molecule has 194 valence electrons. The lowest BCUT2D eigenvalue weighted by Gasteiger charge is -2.33. The van der Waals surface area contributed by atoms with E-state index in [-0.39, 0.29) is 24.1 Å². The van der Waals surface area contributed by atoms with Gasteiger partial charge in [-0.2, -0.15) is 0 Å². The molecule has 1 heterocycles. The van der Waals surface area contributed by atoms with Gasteiger partial charge in [0.1, 0.15) is 6.10 Å². The van der Waals surface area contributed by atoms with Gasteiger partial charge in [-0.3, -0.25) is 9.59 Å². The van der Waals surface area contributed by atoms with Gasteiger partial charge in [-0.15, -0.1) is 0 Å². The maximum atomic E-state index is 13.0. The Morgan fingerprint density at radius 2 is 1.86 bits per heavy atom. The summed E-state index contributed by atoms with van der Waals surface area (Å²) >= 11 is 6.12. The highest BCUT2D eigenvalue weighted by Crippen LogP contribution is 2.29. The molecular formula is C27H39ClN2O5. The second-order valence-electron chi connectivity index (χ2n) is 10.4. The van der Waals surface area contributed by atoms with Gasteiger partial charge in [-0.25, -0.2) is 0 Å². The predicted molar refractivity (Wildman–Crippen MR) is 137 cm³/mol. The molecule has 0 bridgehead atoms. The number of furan rings is 1. The number of hydrogen-bond acceptors (Lipinski definition) is 5. The number of benzene rings is 1. The summed E-state index contributed by atoms with van der Waals surface area (Å²) in [6, 6.07) is 6.37. The zero-order valence-electron chi connectivity index (χ0n) is 20.9. The second-order valence-corrected chi connectivity index (χ2v) is 10.8. The van der Waals surface area contributed by atoms with Gasteiger partial charge in [-0.1, -0.05) is 76.6 Å². The molecule has 1 aliphatic rings. The van der Waals surface area contributed by atoms with E-state index < -0.39 is 30.1 Å². The highest BCUT2D eigenvalue weighted by molar-refractivity contribution is 6.34. The van der Waals surface area contributed by atoms with Gasteiger partial charge in [0, 0.05) is 11.9 Å². The lowest BCUT2D eigenvalue weighted by atomic mass is 9.82. The highest BCUT2D eigenvalue weighted by Gasteiger charge is 2.32. The Hall–Kier alpha value is -2.09. The maximum absolute atomic E-state index is 13.0. The van der Waals surface area contributed by atoms with Gasteiger partial charge >= 0.3 is 0 Å². The third-order valence-electron chi connectivity index (χ3n) is 6.90. The van der Waals surface area contributed by atoms with Crippen LogP contribution >= 0.6 is 11.6 Å². The van der Waals surface area contributed by atoms with Gasteiger partial charge < -0.3 is 25.3 Å². The molecule has 4 N–H and O–H groups in total. The van der Waals surface area contributed by atoms with E-state index >= 15 is 0 Å². The number of aliphatic hydroxyl groups excluding tert-OH is 2. The molecule has 1 aromatic carbocycles. The van der Waals surface area contributed by atoms with Crippen molar-refractivity contribution >= 4 is 34.4 Å². The molecule has 0 saturated heterocycles. The molecule has 4 atom stereocenters. The van der Waals surface area contributed by atoms with Gasteiger partial charge in [0.2, 0.25) is 5.91 Å². The summed E-state index contributed by atoms with van der Waals surface area (Å²) in [7, 11) is 0. The van der Waals surface area contributed by atoms with Crippen molar-refractivity contribution in [2.24, 2.45) is 17.8 Å². The first-order valence-electron chi connectivity index (χ1n) is 12.8. The number of para-hydroxylation sites is 1. The maximum Gasteiger partial charge on any atom is 0.287 e.